The number of hydrogen-bond donors (Lipinski definition) is 1. The van der Waals surface area contributed by atoms with Crippen LogP contribution in [0.5, 0.6) is 0 Å². The SMILES string of the molecule is CC1CN(c2c(C(N)=O)c(C(F)(F)F)cc(=O)n2-c2ccccc2)CC(C)N1C. The zero-order valence-electron chi connectivity index (χ0n) is 16.4. The Morgan fingerprint density at radius 3 is 2.14 bits per heavy atom. The summed E-state index contributed by atoms with van der Waals surface area (Å²) in [6.07, 6.45) is -4.89. The van der Waals surface area contributed by atoms with Gasteiger partial charge in [-0.15, -0.1) is 0 Å². The molecule has 0 radical (unpaired) electrons. The van der Waals surface area contributed by atoms with Crippen molar-refractivity contribution < 1.29 is 18.0 Å². The van der Waals surface area contributed by atoms with E-state index < -0.39 is 28.8 Å². The molecular formula is C20H23F3N4O2. The van der Waals surface area contributed by atoms with Gasteiger partial charge in [0.2, 0.25) is 0 Å². The maximum absolute atomic E-state index is 13.7. The standard InChI is InChI=1S/C20H23F3N4O2/c1-12-10-26(11-13(2)25(12)3)19-17(18(24)29)15(20(21,22)23)9-16(28)27(19)14-7-5-4-6-8-14/h4-9,12-13H,10-11H2,1-3H3,(H2,24,29). The van der Waals surface area contributed by atoms with E-state index in [0.717, 1.165) is 4.57 Å². The fraction of sp³-hybridized carbons (Fsp3) is 0.400. The van der Waals surface area contributed by atoms with Crippen molar-refractivity contribution >= 4 is 11.7 Å². The zero-order chi connectivity index (χ0) is 21.5. The average Bonchev–Trinajstić information content (AvgIpc) is 2.64. The summed E-state index contributed by atoms with van der Waals surface area (Å²) in [5.74, 6) is -1.34. The highest BCUT2D eigenvalue weighted by Gasteiger charge is 2.40. The van der Waals surface area contributed by atoms with Gasteiger partial charge in [0.05, 0.1) is 16.8 Å². The van der Waals surface area contributed by atoms with Gasteiger partial charge in [-0.05, 0) is 33.0 Å². The maximum Gasteiger partial charge on any atom is 0.417 e. The van der Waals surface area contributed by atoms with Crippen molar-refractivity contribution in [3.8, 4) is 5.69 Å². The minimum absolute atomic E-state index is 0.00616. The van der Waals surface area contributed by atoms with Crippen molar-refractivity contribution in [2.45, 2.75) is 32.1 Å². The molecule has 1 aromatic carbocycles. The van der Waals surface area contributed by atoms with Crippen LogP contribution >= 0.6 is 0 Å². The van der Waals surface area contributed by atoms with E-state index in [1.54, 1.807) is 35.2 Å². The summed E-state index contributed by atoms with van der Waals surface area (Å²) >= 11 is 0. The van der Waals surface area contributed by atoms with Crippen LogP contribution in [0.15, 0.2) is 41.2 Å². The average molecular weight is 408 g/mol. The van der Waals surface area contributed by atoms with E-state index in [9.17, 15) is 22.8 Å². The maximum atomic E-state index is 13.7. The van der Waals surface area contributed by atoms with Crippen molar-refractivity contribution in [3.05, 3.63) is 57.9 Å². The predicted molar refractivity (Wildman–Crippen MR) is 104 cm³/mol. The molecular weight excluding hydrogens is 385 g/mol. The molecule has 2 heterocycles. The molecule has 1 aromatic heterocycles. The molecule has 1 amide bonds. The lowest BCUT2D eigenvalue weighted by Gasteiger charge is -2.44. The zero-order valence-corrected chi connectivity index (χ0v) is 16.4. The Morgan fingerprint density at radius 1 is 1.10 bits per heavy atom. The van der Waals surface area contributed by atoms with E-state index in [1.807, 2.05) is 20.9 Å². The summed E-state index contributed by atoms with van der Waals surface area (Å²) in [7, 11) is 1.93. The molecule has 2 atom stereocenters. The van der Waals surface area contributed by atoms with Crippen molar-refractivity contribution in [2.24, 2.45) is 5.73 Å². The van der Waals surface area contributed by atoms with E-state index >= 15 is 0 Å². The van der Waals surface area contributed by atoms with Crippen molar-refractivity contribution in [1.29, 1.82) is 0 Å². The summed E-state index contributed by atoms with van der Waals surface area (Å²) in [4.78, 5) is 28.8. The van der Waals surface area contributed by atoms with E-state index in [2.05, 4.69) is 4.90 Å². The molecule has 0 aliphatic carbocycles. The number of likely N-dealkylation sites (N-methyl/N-ethyl adjacent to an activating group) is 1. The number of halogens is 3. The van der Waals surface area contributed by atoms with Gasteiger partial charge in [-0.25, -0.2) is 0 Å². The number of carbonyl (C=O) groups is 1. The highest BCUT2D eigenvalue weighted by molar-refractivity contribution is 6.00. The second-order valence-electron chi connectivity index (χ2n) is 7.40. The van der Waals surface area contributed by atoms with Crippen LogP contribution in [0, 0.1) is 0 Å². The molecule has 6 nitrogen and oxygen atoms in total. The molecule has 1 aliphatic rings. The molecule has 0 bridgehead atoms. The number of nitrogens with zero attached hydrogens (tertiary/aromatic N) is 3. The third-order valence-corrected chi connectivity index (χ3v) is 5.42. The summed E-state index contributed by atoms with van der Waals surface area (Å²) in [6.45, 7) is 4.56. The van der Waals surface area contributed by atoms with Gasteiger partial charge in [0.1, 0.15) is 5.82 Å². The lowest BCUT2D eigenvalue weighted by molar-refractivity contribution is -0.138. The number of aromatic nitrogens is 1. The van der Waals surface area contributed by atoms with Crippen LogP contribution in [0.4, 0.5) is 19.0 Å². The highest BCUT2D eigenvalue weighted by atomic mass is 19.4. The molecule has 0 saturated carbocycles. The first kappa shape index (κ1) is 20.9. The number of nitrogens with two attached hydrogens (primary N) is 1. The van der Waals surface area contributed by atoms with E-state index in [4.69, 9.17) is 5.73 Å². The summed E-state index contributed by atoms with van der Waals surface area (Å²) in [6, 6.07) is 8.71. The first-order chi connectivity index (χ1) is 13.5. The Labute approximate surface area is 166 Å². The second kappa shape index (κ2) is 7.55. The summed E-state index contributed by atoms with van der Waals surface area (Å²) in [5.41, 5.74) is 2.91. The number of piperazine rings is 1. The van der Waals surface area contributed by atoms with Gasteiger partial charge < -0.3 is 10.6 Å². The molecule has 9 heteroatoms. The fourth-order valence-electron chi connectivity index (χ4n) is 3.77. The van der Waals surface area contributed by atoms with Crippen LogP contribution in [0.25, 0.3) is 5.69 Å². The van der Waals surface area contributed by atoms with Gasteiger partial charge in [-0.3, -0.25) is 19.1 Å². The Bertz CT molecular complexity index is 960. The number of alkyl halides is 3. The summed E-state index contributed by atoms with van der Waals surface area (Å²) < 4.78 is 42.2. The number of carbonyl (C=O) groups excluding carboxylic acids is 1. The summed E-state index contributed by atoms with van der Waals surface area (Å²) in [5, 5.41) is 0. The minimum Gasteiger partial charge on any atom is -0.365 e. The van der Waals surface area contributed by atoms with E-state index in [1.165, 1.54) is 0 Å². The van der Waals surface area contributed by atoms with Crippen molar-refractivity contribution in [2.75, 3.05) is 25.0 Å². The van der Waals surface area contributed by atoms with Gasteiger partial charge in [-0.2, -0.15) is 13.2 Å². The topological polar surface area (TPSA) is 71.6 Å². The number of anilines is 1. The lowest BCUT2D eigenvalue weighted by Crippen LogP contribution is -2.56. The second-order valence-corrected chi connectivity index (χ2v) is 7.40. The minimum atomic E-state index is -4.89. The smallest absolute Gasteiger partial charge is 0.365 e. The number of amides is 1. The van der Waals surface area contributed by atoms with Gasteiger partial charge in [0.15, 0.2) is 0 Å². The Balaban J connectivity index is 2.37. The van der Waals surface area contributed by atoms with Gasteiger partial charge in [0.25, 0.3) is 11.5 Å². The van der Waals surface area contributed by atoms with Crippen molar-refractivity contribution in [1.82, 2.24) is 9.47 Å². The quantitative estimate of drug-likeness (QED) is 0.847. The third-order valence-electron chi connectivity index (χ3n) is 5.42. The van der Waals surface area contributed by atoms with Gasteiger partial charge in [-0.1, -0.05) is 18.2 Å². The van der Waals surface area contributed by atoms with Crippen LogP contribution in [0.2, 0.25) is 0 Å². The largest absolute Gasteiger partial charge is 0.417 e. The van der Waals surface area contributed by atoms with Crippen LogP contribution in [0.3, 0.4) is 0 Å². The normalized spacial score (nSPS) is 20.7. The number of rotatable bonds is 3. The molecule has 2 aromatic rings. The Morgan fingerprint density at radius 2 is 1.66 bits per heavy atom. The number of pyridine rings is 1. The Hall–Kier alpha value is -2.81. The Kier molecular flexibility index (Phi) is 5.44. The number of para-hydroxylation sites is 1. The molecule has 2 unspecified atom stereocenters. The third kappa shape index (κ3) is 3.87. The number of primary amides is 1. The molecule has 1 saturated heterocycles. The fourth-order valence-corrected chi connectivity index (χ4v) is 3.77. The molecule has 1 fully saturated rings. The molecule has 29 heavy (non-hydrogen) atoms. The molecule has 0 spiro atoms. The molecule has 156 valence electrons. The van der Waals surface area contributed by atoms with E-state index in [0.29, 0.717) is 24.8 Å². The first-order valence-electron chi connectivity index (χ1n) is 9.21. The van der Waals surface area contributed by atoms with Crippen LogP contribution < -0.4 is 16.2 Å². The van der Waals surface area contributed by atoms with Crippen LogP contribution in [-0.4, -0.2) is 47.6 Å². The molecule has 2 N–H and O–H groups in total. The lowest BCUT2D eigenvalue weighted by atomic mass is 10.0. The van der Waals surface area contributed by atoms with E-state index in [-0.39, 0.29) is 17.9 Å². The van der Waals surface area contributed by atoms with Gasteiger partial charge in [0, 0.05) is 31.2 Å². The highest BCUT2D eigenvalue weighted by Crippen LogP contribution is 2.37. The monoisotopic (exact) mass is 408 g/mol. The van der Waals surface area contributed by atoms with Crippen LogP contribution in [-0.2, 0) is 6.18 Å². The van der Waals surface area contributed by atoms with Gasteiger partial charge >= 0.3 is 6.18 Å². The number of benzene rings is 1. The predicted octanol–water partition coefficient (Wildman–Crippen LogP) is 2.48. The first-order valence-corrected chi connectivity index (χ1v) is 9.21. The molecule has 3 rings (SSSR count). The van der Waals surface area contributed by atoms with Crippen molar-refractivity contribution in [3.63, 3.8) is 0 Å². The van der Waals surface area contributed by atoms with Crippen LogP contribution in [0.1, 0.15) is 29.8 Å². The molecule has 1 aliphatic heterocycles. The number of hydrogen-bond acceptors (Lipinski definition) is 4.